The Morgan fingerprint density at radius 2 is 1.96 bits per heavy atom. The van der Waals surface area contributed by atoms with Crippen molar-refractivity contribution in [1.29, 1.82) is 0 Å². The number of rotatable bonds is 3. The zero-order valence-corrected chi connectivity index (χ0v) is 15.8. The second-order valence-corrected chi connectivity index (χ2v) is 6.97. The van der Waals surface area contributed by atoms with Gasteiger partial charge in [-0.25, -0.2) is 4.98 Å². The van der Waals surface area contributed by atoms with Crippen molar-refractivity contribution in [1.82, 2.24) is 9.88 Å². The molecule has 0 spiro atoms. The summed E-state index contributed by atoms with van der Waals surface area (Å²) in [5, 5.41) is 2.83. The predicted molar refractivity (Wildman–Crippen MR) is 97.4 cm³/mol. The van der Waals surface area contributed by atoms with Crippen molar-refractivity contribution in [2.24, 2.45) is 5.92 Å². The summed E-state index contributed by atoms with van der Waals surface area (Å²) in [6.07, 6.45) is 2.92. The van der Waals surface area contributed by atoms with E-state index in [0.717, 1.165) is 0 Å². The maximum Gasteiger partial charge on any atom is 0.258 e. The SMILES string of the molecule is Cc1oc(C)c(C(=O)N2CCC(C(=O)Nc3ccccn3)CC2)c1Br. The standard InChI is InChI=1S/C18H20BrN3O3/c1-11-15(16(19)12(2)25-11)18(24)22-9-6-13(7-10-22)17(23)21-14-5-3-4-8-20-14/h3-5,8,13H,6-7,9-10H2,1-2H3,(H,20,21,23). The van der Waals surface area contributed by atoms with E-state index >= 15 is 0 Å². The van der Waals surface area contributed by atoms with Crippen LogP contribution in [-0.4, -0.2) is 34.8 Å². The van der Waals surface area contributed by atoms with Gasteiger partial charge in [0.2, 0.25) is 5.91 Å². The molecule has 3 heterocycles. The van der Waals surface area contributed by atoms with Crippen LogP contribution in [0.3, 0.4) is 0 Å². The highest BCUT2D eigenvalue weighted by atomic mass is 79.9. The molecule has 0 aromatic carbocycles. The van der Waals surface area contributed by atoms with Gasteiger partial charge in [0.05, 0.1) is 10.0 Å². The fourth-order valence-electron chi connectivity index (χ4n) is 3.07. The molecule has 0 saturated carbocycles. The number of nitrogens with zero attached hydrogens (tertiary/aromatic N) is 2. The van der Waals surface area contributed by atoms with E-state index in [-0.39, 0.29) is 17.7 Å². The first-order valence-corrected chi connectivity index (χ1v) is 9.03. The van der Waals surface area contributed by atoms with Gasteiger partial charge in [0.15, 0.2) is 0 Å². The van der Waals surface area contributed by atoms with Crippen molar-refractivity contribution in [3.05, 3.63) is 46.0 Å². The lowest BCUT2D eigenvalue weighted by atomic mass is 9.95. The molecule has 0 unspecified atom stereocenters. The normalized spacial score (nSPS) is 15.2. The number of aromatic nitrogens is 1. The number of piperidine rings is 1. The van der Waals surface area contributed by atoms with E-state index in [4.69, 9.17) is 4.42 Å². The van der Waals surface area contributed by atoms with Crippen molar-refractivity contribution in [2.75, 3.05) is 18.4 Å². The highest BCUT2D eigenvalue weighted by Gasteiger charge is 2.30. The summed E-state index contributed by atoms with van der Waals surface area (Å²) in [5.41, 5.74) is 0.578. The number of likely N-dealkylation sites (tertiary alicyclic amines) is 1. The van der Waals surface area contributed by atoms with Gasteiger partial charge in [-0.1, -0.05) is 6.07 Å². The average Bonchev–Trinajstić information content (AvgIpc) is 2.87. The van der Waals surface area contributed by atoms with Crippen molar-refractivity contribution in [2.45, 2.75) is 26.7 Å². The van der Waals surface area contributed by atoms with Crippen LogP contribution in [0.1, 0.15) is 34.7 Å². The summed E-state index contributed by atoms with van der Waals surface area (Å²) in [6, 6.07) is 5.40. The van der Waals surface area contributed by atoms with Gasteiger partial charge in [0.25, 0.3) is 5.91 Å². The Balaban J connectivity index is 1.60. The minimum absolute atomic E-state index is 0.0395. The molecular formula is C18H20BrN3O3. The number of anilines is 1. The monoisotopic (exact) mass is 405 g/mol. The number of hydrogen-bond donors (Lipinski definition) is 1. The number of nitrogens with one attached hydrogen (secondary N) is 1. The molecule has 25 heavy (non-hydrogen) atoms. The summed E-state index contributed by atoms with van der Waals surface area (Å²) in [4.78, 5) is 31.0. The average molecular weight is 406 g/mol. The Labute approximate surface area is 154 Å². The van der Waals surface area contributed by atoms with Crippen LogP contribution in [0, 0.1) is 19.8 Å². The number of furan rings is 1. The third-order valence-electron chi connectivity index (χ3n) is 4.47. The van der Waals surface area contributed by atoms with Crippen molar-refractivity contribution >= 4 is 33.6 Å². The zero-order valence-electron chi connectivity index (χ0n) is 14.2. The second kappa shape index (κ2) is 7.39. The summed E-state index contributed by atoms with van der Waals surface area (Å²) >= 11 is 3.43. The molecule has 2 aromatic heterocycles. The number of carbonyl (C=O) groups is 2. The fraction of sp³-hybridized carbons (Fsp3) is 0.389. The van der Waals surface area contributed by atoms with Gasteiger partial charge < -0.3 is 14.6 Å². The highest BCUT2D eigenvalue weighted by Crippen LogP contribution is 2.30. The van der Waals surface area contributed by atoms with Gasteiger partial charge in [-0.05, 0) is 54.8 Å². The number of halogens is 1. The molecule has 7 heteroatoms. The number of aryl methyl sites for hydroxylation is 2. The minimum atomic E-state index is -0.110. The predicted octanol–water partition coefficient (Wildman–Crippen LogP) is 3.54. The molecular weight excluding hydrogens is 386 g/mol. The Bertz CT molecular complexity index is 780. The van der Waals surface area contributed by atoms with Crippen LogP contribution in [0.5, 0.6) is 0 Å². The van der Waals surface area contributed by atoms with Crippen LogP contribution in [-0.2, 0) is 4.79 Å². The molecule has 0 radical (unpaired) electrons. The van der Waals surface area contributed by atoms with Crippen molar-refractivity contribution in [3.8, 4) is 0 Å². The first kappa shape index (κ1) is 17.7. The molecule has 0 atom stereocenters. The van der Waals surface area contributed by atoms with Gasteiger partial charge in [-0.2, -0.15) is 0 Å². The van der Waals surface area contributed by atoms with E-state index < -0.39 is 0 Å². The topological polar surface area (TPSA) is 75.4 Å². The molecule has 2 amide bonds. The van der Waals surface area contributed by atoms with Crippen LogP contribution in [0.2, 0.25) is 0 Å². The number of hydrogen-bond acceptors (Lipinski definition) is 4. The van der Waals surface area contributed by atoms with E-state index in [9.17, 15) is 9.59 Å². The molecule has 132 valence electrons. The summed E-state index contributed by atoms with van der Waals surface area (Å²) in [7, 11) is 0. The Hall–Kier alpha value is -2.15. The van der Waals surface area contributed by atoms with Gasteiger partial charge >= 0.3 is 0 Å². The van der Waals surface area contributed by atoms with Crippen molar-refractivity contribution < 1.29 is 14.0 Å². The third kappa shape index (κ3) is 3.76. The highest BCUT2D eigenvalue weighted by molar-refractivity contribution is 9.10. The third-order valence-corrected chi connectivity index (χ3v) is 5.42. The summed E-state index contributed by atoms with van der Waals surface area (Å²) in [5.74, 6) is 1.67. The quantitative estimate of drug-likeness (QED) is 0.846. The fourth-order valence-corrected chi connectivity index (χ4v) is 3.60. The molecule has 0 aliphatic carbocycles. The maximum absolute atomic E-state index is 12.7. The Morgan fingerprint density at radius 1 is 1.24 bits per heavy atom. The van der Waals surface area contributed by atoms with Gasteiger partial charge in [0, 0.05) is 25.2 Å². The second-order valence-electron chi connectivity index (χ2n) is 6.17. The lowest BCUT2D eigenvalue weighted by Gasteiger charge is -2.31. The molecule has 2 aromatic rings. The zero-order chi connectivity index (χ0) is 18.0. The van der Waals surface area contributed by atoms with Crippen LogP contribution < -0.4 is 5.32 Å². The molecule has 1 fully saturated rings. The van der Waals surface area contributed by atoms with E-state index in [1.807, 2.05) is 13.0 Å². The smallest absolute Gasteiger partial charge is 0.258 e. The molecule has 0 bridgehead atoms. The van der Waals surface area contributed by atoms with Crippen LogP contribution in [0.4, 0.5) is 5.82 Å². The van der Waals surface area contributed by atoms with E-state index in [1.54, 1.807) is 30.2 Å². The molecule has 3 rings (SSSR count). The number of pyridine rings is 1. The molecule has 6 nitrogen and oxygen atoms in total. The van der Waals surface area contributed by atoms with E-state index in [0.29, 0.717) is 53.3 Å². The maximum atomic E-state index is 12.7. The van der Waals surface area contributed by atoms with Crippen LogP contribution in [0.25, 0.3) is 0 Å². The Morgan fingerprint density at radius 3 is 2.52 bits per heavy atom. The molecule has 1 saturated heterocycles. The number of amides is 2. The molecule has 1 N–H and O–H groups in total. The van der Waals surface area contributed by atoms with Crippen LogP contribution >= 0.6 is 15.9 Å². The largest absolute Gasteiger partial charge is 0.465 e. The lowest BCUT2D eigenvalue weighted by molar-refractivity contribution is -0.121. The van der Waals surface area contributed by atoms with E-state index in [1.165, 1.54) is 0 Å². The molecule has 1 aliphatic heterocycles. The van der Waals surface area contributed by atoms with Crippen LogP contribution in [0.15, 0.2) is 33.3 Å². The van der Waals surface area contributed by atoms with E-state index in [2.05, 4.69) is 26.2 Å². The number of carbonyl (C=O) groups excluding carboxylic acids is 2. The summed E-state index contributed by atoms with van der Waals surface area (Å²) < 4.78 is 6.23. The summed E-state index contributed by atoms with van der Waals surface area (Å²) in [6.45, 7) is 4.71. The van der Waals surface area contributed by atoms with Gasteiger partial charge in [-0.3, -0.25) is 9.59 Å². The lowest BCUT2D eigenvalue weighted by Crippen LogP contribution is -2.41. The first-order chi connectivity index (χ1) is 12.0. The van der Waals surface area contributed by atoms with Crippen molar-refractivity contribution in [3.63, 3.8) is 0 Å². The minimum Gasteiger partial charge on any atom is -0.465 e. The van der Waals surface area contributed by atoms with Gasteiger partial charge in [0.1, 0.15) is 17.3 Å². The Kier molecular flexibility index (Phi) is 5.22. The first-order valence-electron chi connectivity index (χ1n) is 8.24. The van der Waals surface area contributed by atoms with Gasteiger partial charge in [-0.15, -0.1) is 0 Å². The molecule has 1 aliphatic rings.